The molecule has 0 amide bonds. The van der Waals surface area contributed by atoms with Crippen molar-refractivity contribution in [3.8, 4) is 0 Å². The Hall–Kier alpha value is -0.980. The summed E-state index contributed by atoms with van der Waals surface area (Å²) in [5.74, 6) is 0. The molecule has 0 aliphatic carbocycles. The first-order valence-corrected chi connectivity index (χ1v) is 5.52. The second kappa shape index (κ2) is 5.57. The lowest BCUT2D eigenvalue weighted by Crippen LogP contribution is -2.22. The molecule has 1 saturated heterocycles. The molecule has 2 atom stereocenters. The zero-order chi connectivity index (χ0) is 12.3. The lowest BCUT2D eigenvalue weighted by molar-refractivity contribution is -0.0442. The Morgan fingerprint density at radius 1 is 1.12 bits per heavy atom. The van der Waals surface area contributed by atoms with E-state index in [9.17, 15) is 10.2 Å². The predicted octanol–water partition coefficient (Wildman–Crippen LogP) is 0.119. The minimum absolute atomic E-state index is 0.344. The summed E-state index contributed by atoms with van der Waals surface area (Å²) in [5.41, 5.74) is 1.42. The first-order chi connectivity index (χ1) is 8.22. The van der Waals surface area contributed by atoms with E-state index < -0.39 is 18.8 Å². The van der Waals surface area contributed by atoms with Crippen LogP contribution in [0.2, 0.25) is 0 Å². The fourth-order valence-corrected chi connectivity index (χ4v) is 1.72. The molecular formula is C12H16O5. The topological polar surface area (TPSA) is 79.2 Å². The predicted molar refractivity (Wildman–Crippen MR) is 59.1 cm³/mol. The maximum Gasteiger partial charge on any atom is 0.184 e. The van der Waals surface area contributed by atoms with Crippen LogP contribution in [-0.4, -0.2) is 41.2 Å². The molecular weight excluding hydrogens is 224 g/mol. The quantitative estimate of drug-likeness (QED) is 0.696. The summed E-state index contributed by atoms with van der Waals surface area (Å²) < 4.78 is 10.7. The van der Waals surface area contributed by atoms with E-state index in [1.165, 1.54) is 0 Å². The molecule has 1 aliphatic heterocycles. The highest BCUT2D eigenvalue weighted by Crippen LogP contribution is 2.25. The molecule has 1 aromatic rings. The molecule has 1 aromatic carbocycles. The zero-order valence-corrected chi connectivity index (χ0v) is 9.32. The van der Waals surface area contributed by atoms with Crippen molar-refractivity contribution in [3.63, 3.8) is 0 Å². The van der Waals surface area contributed by atoms with Crippen molar-refractivity contribution in [2.45, 2.75) is 18.5 Å². The van der Waals surface area contributed by atoms with Crippen molar-refractivity contribution in [1.29, 1.82) is 0 Å². The number of aliphatic hydroxyl groups is 3. The van der Waals surface area contributed by atoms with E-state index in [1.54, 1.807) is 24.3 Å². The minimum Gasteiger partial charge on any atom is -0.394 e. The molecule has 1 fully saturated rings. The van der Waals surface area contributed by atoms with Crippen LogP contribution in [0.25, 0.3) is 0 Å². The van der Waals surface area contributed by atoms with Gasteiger partial charge >= 0.3 is 0 Å². The lowest BCUT2D eigenvalue weighted by Gasteiger charge is -2.17. The Labute approximate surface area is 99.2 Å². The average molecular weight is 240 g/mol. The Kier molecular flexibility index (Phi) is 4.09. The van der Waals surface area contributed by atoms with Crippen molar-refractivity contribution < 1.29 is 24.8 Å². The van der Waals surface area contributed by atoms with E-state index in [4.69, 9.17) is 14.6 Å². The van der Waals surface area contributed by atoms with Crippen LogP contribution in [0.3, 0.4) is 0 Å². The summed E-state index contributed by atoms with van der Waals surface area (Å²) in [4.78, 5) is 0. The van der Waals surface area contributed by atoms with E-state index in [2.05, 4.69) is 0 Å². The Morgan fingerprint density at radius 2 is 1.71 bits per heavy atom. The van der Waals surface area contributed by atoms with Crippen molar-refractivity contribution in [2.75, 3.05) is 19.8 Å². The number of hydrogen-bond donors (Lipinski definition) is 3. The summed E-state index contributed by atoms with van der Waals surface area (Å²) in [7, 11) is 0. The van der Waals surface area contributed by atoms with E-state index in [0.29, 0.717) is 18.8 Å². The largest absolute Gasteiger partial charge is 0.394 e. The summed E-state index contributed by atoms with van der Waals surface area (Å²) in [5, 5.41) is 27.7. The van der Waals surface area contributed by atoms with Gasteiger partial charge in [0.1, 0.15) is 12.2 Å². The highest BCUT2D eigenvalue weighted by molar-refractivity contribution is 5.25. The molecule has 0 aromatic heterocycles. The molecule has 5 nitrogen and oxygen atoms in total. The third-order valence-electron chi connectivity index (χ3n) is 2.72. The van der Waals surface area contributed by atoms with E-state index >= 15 is 0 Å². The Bertz CT molecular complexity index is 344. The fraction of sp³-hybridized carbons (Fsp3) is 0.500. The first-order valence-electron chi connectivity index (χ1n) is 5.52. The lowest BCUT2D eigenvalue weighted by atomic mass is 10.0. The molecule has 0 bridgehead atoms. The standard InChI is InChI=1S/C12H16O5/c13-7-10(14)11(15)8-1-3-9(4-2-8)12-16-5-6-17-12/h1-4,10-15H,5-7H2. The van der Waals surface area contributed by atoms with Gasteiger partial charge in [-0.1, -0.05) is 24.3 Å². The number of rotatable bonds is 4. The van der Waals surface area contributed by atoms with Crippen LogP contribution in [0.4, 0.5) is 0 Å². The van der Waals surface area contributed by atoms with Crippen molar-refractivity contribution in [1.82, 2.24) is 0 Å². The fourth-order valence-electron chi connectivity index (χ4n) is 1.72. The molecule has 5 heteroatoms. The van der Waals surface area contributed by atoms with Gasteiger partial charge < -0.3 is 24.8 Å². The molecule has 1 heterocycles. The SMILES string of the molecule is OCC(O)C(O)c1ccc(C2OCCO2)cc1. The van der Waals surface area contributed by atoms with Gasteiger partial charge in [-0.05, 0) is 5.56 Å². The molecule has 2 unspecified atom stereocenters. The average Bonchev–Trinajstić information content (AvgIpc) is 2.91. The molecule has 2 rings (SSSR count). The van der Waals surface area contributed by atoms with Crippen LogP contribution in [0.5, 0.6) is 0 Å². The maximum atomic E-state index is 9.67. The van der Waals surface area contributed by atoms with Gasteiger partial charge in [0.15, 0.2) is 6.29 Å². The molecule has 0 saturated carbocycles. The third kappa shape index (κ3) is 2.83. The van der Waals surface area contributed by atoms with Gasteiger partial charge in [0.2, 0.25) is 0 Å². The Morgan fingerprint density at radius 3 is 2.24 bits per heavy atom. The second-order valence-electron chi connectivity index (χ2n) is 3.93. The highest BCUT2D eigenvalue weighted by atomic mass is 16.7. The summed E-state index contributed by atoms with van der Waals surface area (Å²) in [6.07, 6.45) is -2.59. The van der Waals surface area contributed by atoms with Gasteiger partial charge in [-0.3, -0.25) is 0 Å². The van der Waals surface area contributed by atoms with Gasteiger partial charge in [-0.2, -0.15) is 0 Å². The van der Waals surface area contributed by atoms with Crippen LogP contribution >= 0.6 is 0 Å². The van der Waals surface area contributed by atoms with Gasteiger partial charge in [0, 0.05) is 5.56 Å². The van der Waals surface area contributed by atoms with E-state index in [-0.39, 0.29) is 6.29 Å². The van der Waals surface area contributed by atoms with Gasteiger partial charge in [-0.15, -0.1) is 0 Å². The summed E-state index contributed by atoms with van der Waals surface area (Å²) in [6.45, 7) is 0.689. The highest BCUT2D eigenvalue weighted by Gasteiger charge is 2.20. The molecule has 0 radical (unpaired) electrons. The van der Waals surface area contributed by atoms with Crippen LogP contribution in [-0.2, 0) is 9.47 Å². The van der Waals surface area contributed by atoms with Crippen molar-refractivity contribution >= 4 is 0 Å². The number of aliphatic hydroxyl groups excluding tert-OH is 3. The number of benzene rings is 1. The molecule has 1 aliphatic rings. The normalized spacial score (nSPS) is 20.4. The van der Waals surface area contributed by atoms with Gasteiger partial charge in [0.25, 0.3) is 0 Å². The first kappa shape index (κ1) is 12.5. The molecule has 94 valence electrons. The van der Waals surface area contributed by atoms with Crippen molar-refractivity contribution in [2.24, 2.45) is 0 Å². The van der Waals surface area contributed by atoms with Crippen molar-refractivity contribution in [3.05, 3.63) is 35.4 Å². The van der Waals surface area contributed by atoms with Crippen LogP contribution in [0, 0.1) is 0 Å². The summed E-state index contributed by atoms with van der Waals surface area (Å²) in [6, 6.07) is 6.92. The zero-order valence-electron chi connectivity index (χ0n) is 9.32. The maximum absolute atomic E-state index is 9.67. The van der Waals surface area contributed by atoms with Crippen LogP contribution < -0.4 is 0 Å². The number of ether oxygens (including phenoxy) is 2. The summed E-state index contributed by atoms with van der Waals surface area (Å²) >= 11 is 0. The smallest absolute Gasteiger partial charge is 0.184 e. The van der Waals surface area contributed by atoms with Crippen LogP contribution in [0.15, 0.2) is 24.3 Å². The van der Waals surface area contributed by atoms with Gasteiger partial charge in [0.05, 0.1) is 19.8 Å². The van der Waals surface area contributed by atoms with Crippen LogP contribution in [0.1, 0.15) is 23.5 Å². The molecule has 0 spiro atoms. The second-order valence-corrected chi connectivity index (χ2v) is 3.93. The molecule has 3 N–H and O–H groups in total. The van der Waals surface area contributed by atoms with E-state index in [1.807, 2.05) is 0 Å². The van der Waals surface area contributed by atoms with E-state index in [0.717, 1.165) is 5.56 Å². The monoisotopic (exact) mass is 240 g/mol. The van der Waals surface area contributed by atoms with Gasteiger partial charge in [-0.25, -0.2) is 0 Å². The molecule has 17 heavy (non-hydrogen) atoms. The number of hydrogen-bond acceptors (Lipinski definition) is 5. The Balaban J connectivity index is 2.06. The minimum atomic E-state index is -1.17. The third-order valence-corrected chi connectivity index (χ3v) is 2.72.